The van der Waals surface area contributed by atoms with E-state index in [1.165, 1.54) is 0 Å². The monoisotopic (exact) mass is 346 g/mol. The molecular weight excluding hydrogens is 320 g/mol. The van der Waals surface area contributed by atoms with Gasteiger partial charge in [0, 0.05) is 25.7 Å². The van der Waals surface area contributed by atoms with E-state index in [1.54, 1.807) is 0 Å². The normalized spacial score (nSPS) is 10.9. The van der Waals surface area contributed by atoms with E-state index in [0.29, 0.717) is 38.5 Å². The Morgan fingerprint density at radius 3 is 0.833 bits per heavy atom. The largest absolute Gasteiger partial charge is 0.481 e. The smallest absolute Gasteiger partial charge is 0.303 e. The number of carbonyl (C=O) groups is 4. The first-order valence-corrected chi connectivity index (χ1v) is 8.07. The maximum absolute atomic E-state index is 10.7. The van der Waals surface area contributed by atoms with Crippen molar-refractivity contribution < 1.29 is 39.6 Å². The van der Waals surface area contributed by atoms with Crippen molar-refractivity contribution in [3.8, 4) is 0 Å². The number of hydrogen-bond donors (Lipinski definition) is 4. The fourth-order valence-corrected chi connectivity index (χ4v) is 2.65. The van der Waals surface area contributed by atoms with Gasteiger partial charge in [-0.15, -0.1) is 0 Å². The highest BCUT2D eigenvalue weighted by Gasteiger charge is 2.18. The number of hydrogen-bond acceptors (Lipinski definition) is 4. The van der Waals surface area contributed by atoms with Crippen LogP contribution in [0.4, 0.5) is 0 Å². The lowest BCUT2D eigenvalue weighted by atomic mass is 9.85. The molecule has 24 heavy (non-hydrogen) atoms. The first-order chi connectivity index (χ1) is 11.2. The second-order valence-corrected chi connectivity index (χ2v) is 6.04. The van der Waals surface area contributed by atoms with Gasteiger partial charge in [-0.1, -0.05) is 12.8 Å². The van der Waals surface area contributed by atoms with E-state index in [1.807, 2.05) is 0 Å². The molecule has 8 heteroatoms. The molecule has 8 nitrogen and oxygen atoms in total. The van der Waals surface area contributed by atoms with E-state index < -0.39 is 23.9 Å². The fraction of sp³-hybridized carbons (Fsp3) is 0.750. The SMILES string of the molecule is O=C(O)CCC(CCC(=O)O)CCC(CCC(=O)O)CCC(=O)O. The molecule has 138 valence electrons. The Bertz CT molecular complexity index is 356. The summed E-state index contributed by atoms with van der Waals surface area (Å²) in [5.74, 6) is -3.91. The predicted octanol–water partition coefficient (Wildman–Crippen LogP) is 2.46. The highest BCUT2D eigenvalue weighted by atomic mass is 16.4. The van der Waals surface area contributed by atoms with E-state index in [4.69, 9.17) is 20.4 Å². The van der Waals surface area contributed by atoms with Crippen LogP contribution in [-0.2, 0) is 19.2 Å². The van der Waals surface area contributed by atoms with Gasteiger partial charge in [-0.05, 0) is 37.5 Å². The minimum absolute atomic E-state index is 0.0425. The molecule has 0 heterocycles. The summed E-state index contributed by atoms with van der Waals surface area (Å²) in [6, 6.07) is 0. The van der Waals surface area contributed by atoms with Crippen molar-refractivity contribution in [2.24, 2.45) is 11.8 Å². The van der Waals surface area contributed by atoms with E-state index in [2.05, 4.69) is 0 Å². The number of carboxylic acid groups (broad SMARTS) is 4. The van der Waals surface area contributed by atoms with Crippen LogP contribution in [0, 0.1) is 11.8 Å². The van der Waals surface area contributed by atoms with Crippen molar-refractivity contribution in [1.29, 1.82) is 0 Å². The Kier molecular flexibility index (Phi) is 11.2. The molecule has 0 radical (unpaired) electrons. The van der Waals surface area contributed by atoms with Crippen molar-refractivity contribution in [2.75, 3.05) is 0 Å². The molecule has 0 aliphatic rings. The van der Waals surface area contributed by atoms with Crippen LogP contribution < -0.4 is 0 Å². The van der Waals surface area contributed by atoms with Crippen molar-refractivity contribution in [1.82, 2.24) is 0 Å². The fourth-order valence-electron chi connectivity index (χ4n) is 2.65. The molecule has 0 saturated carbocycles. The van der Waals surface area contributed by atoms with Gasteiger partial charge >= 0.3 is 23.9 Å². The van der Waals surface area contributed by atoms with Crippen molar-refractivity contribution >= 4 is 23.9 Å². The minimum Gasteiger partial charge on any atom is -0.481 e. The summed E-state index contributed by atoms with van der Waals surface area (Å²) < 4.78 is 0. The van der Waals surface area contributed by atoms with Gasteiger partial charge in [-0.2, -0.15) is 0 Å². The van der Waals surface area contributed by atoms with Crippen LogP contribution in [0.2, 0.25) is 0 Å². The maximum atomic E-state index is 10.7. The van der Waals surface area contributed by atoms with Crippen LogP contribution in [-0.4, -0.2) is 44.3 Å². The molecule has 0 aliphatic carbocycles. The third-order valence-electron chi connectivity index (χ3n) is 4.05. The Balaban J connectivity index is 4.53. The first-order valence-electron chi connectivity index (χ1n) is 8.07. The molecule has 0 atom stereocenters. The third kappa shape index (κ3) is 13.5. The third-order valence-corrected chi connectivity index (χ3v) is 4.05. The van der Waals surface area contributed by atoms with E-state index in [0.717, 1.165) is 0 Å². The first kappa shape index (κ1) is 21.9. The molecule has 0 bridgehead atoms. The molecule has 0 spiro atoms. The zero-order valence-corrected chi connectivity index (χ0v) is 13.6. The quantitative estimate of drug-likeness (QED) is 0.353. The van der Waals surface area contributed by atoms with Crippen molar-refractivity contribution in [2.45, 2.75) is 64.2 Å². The van der Waals surface area contributed by atoms with Gasteiger partial charge < -0.3 is 20.4 Å². The Hall–Kier alpha value is -2.12. The van der Waals surface area contributed by atoms with Gasteiger partial charge in [0.2, 0.25) is 0 Å². The average molecular weight is 346 g/mol. The number of carboxylic acids is 4. The van der Waals surface area contributed by atoms with Crippen molar-refractivity contribution in [3.63, 3.8) is 0 Å². The molecular formula is C16H26O8. The van der Waals surface area contributed by atoms with Crippen LogP contribution >= 0.6 is 0 Å². The molecule has 0 aromatic carbocycles. The standard InChI is InChI=1S/C16H26O8/c17-13(18)7-3-11(4-8-14(19)20)1-2-12(5-9-15(21)22)6-10-16(23)24/h11-12H,1-10H2,(H,17,18)(H,19,20)(H,21,22)(H,23,24). The van der Waals surface area contributed by atoms with Gasteiger partial charge in [0.05, 0.1) is 0 Å². The molecule has 0 aliphatic heterocycles. The lowest BCUT2D eigenvalue weighted by Gasteiger charge is -2.20. The van der Waals surface area contributed by atoms with Crippen LogP contribution in [0.15, 0.2) is 0 Å². The number of rotatable bonds is 15. The summed E-state index contributed by atoms with van der Waals surface area (Å²) in [6.07, 6.45) is 2.45. The minimum atomic E-state index is -0.941. The van der Waals surface area contributed by atoms with Gasteiger partial charge in [-0.25, -0.2) is 0 Å². The molecule has 0 saturated heterocycles. The zero-order valence-electron chi connectivity index (χ0n) is 13.6. The van der Waals surface area contributed by atoms with E-state index in [-0.39, 0.29) is 37.5 Å². The molecule has 0 rings (SSSR count). The highest BCUT2D eigenvalue weighted by Crippen LogP contribution is 2.26. The topological polar surface area (TPSA) is 149 Å². The van der Waals surface area contributed by atoms with Gasteiger partial charge in [0.1, 0.15) is 0 Å². The molecule has 0 amide bonds. The van der Waals surface area contributed by atoms with Gasteiger partial charge in [-0.3, -0.25) is 19.2 Å². The zero-order chi connectivity index (χ0) is 18.5. The molecule has 4 N–H and O–H groups in total. The second-order valence-electron chi connectivity index (χ2n) is 6.04. The van der Waals surface area contributed by atoms with Crippen molar-refractivity contribution in [3.05, 3.63) is 0 Å². The van der Waals surface area contributed by atoms with E-state index >= 15 is 0 Å². The summed E-state index contributed by atoms with van der Waals surface area (Å²) >= 11 is 0. The molecule has 0 fully saturated rings. The summed E-state index contributed by atoms with van der Waals surface area (Å²) in [6.45, 7) is 0. The van der Waals surface area contributed by atoms with Crippen LogP contribution in [0.25, 0.3) is 0 Å². The van der Waals surface area contributed by atoms with Crippen LogP contribution in [0.1, 0.15) is 64.2 Å². The average Bonchev–Trinajstić information content (AvgIpc) is 2.47. The Labute approximate surface area is 140 Å². The van der Waals surface area contributed by atoms with Gasteiger partial charge in [0.15, 0.2) is 0 Å². The molecule has 0 aromatic heterocycles. The highest BCUT2D eigenvalue weighted by molar-refractivity contribution is 5.68. The maximum Gasteiger partial charge on any atom is 0.303 e. The second kappa shape index (κ2) is 12.3. The lowest BCUT2D eigenvalue weighted by Crippen LogP contribution is -2.12. The van der Waals surface area contributed by atoms with Crippen LogP contribution in [0.3, 0.4) is 0 Å². The summed E-state index contributed by atoms with van der Waals surface area (Å²) in [5, 5.41) is 35.0. The Morgan fingerprint density at radius 2 is 0.667 bits per heavy atom. The molecule has 0 unspecified atom stereocenters. The summed E-state index contributed by atoms with van der Waals surface area (Å²) in [4.78, 5) is 42.8. The lowest BCUT2D eigenvalue weighted by molar-refractivity contribution is -0.139. The predicted molar refractivity (Wildman–Crippen MR) is 83.7 cm³/mol. The summed E-state index contributed by atoms with van der Waals surface area (Å²) in [7, 11) is 0. The summed E-state index contributed by atoms with van der Waals surface area (Å²) in [5.41, 5.74) is 0. The van der Waals surface area contributed by atoms with Crippen LogP contribution in [0.5, 0.6) is 0 Å². The van der Waals surface area contributed by atoms with E-state index in [9.17, 15) is 19.2 Å². The van der Waals surface area contributed by atoms with Gasteiger partial charge in [0.25, 0.3) is 0 Å². The number of aliphatic carboxylic acids is 4. The Morgan fingerprint density at radius 1 is 0.458 bits per heavy atom. The molecule has 0 aromatic rings.